The first-order valence-corrected chi connectivity index (χ1v) is 10.9. The van der Waals surface area contributed by atoms with Gasteiger partial charge in [-0.2, -0.15) is 0 Å². The van der Waals surface area contributed by atoms with E-state index in [0.29, 0.717) is 46.1 Å². The molecule has 0 bridgehead atoms. The fraction of sp³-hybridized carbons (Fsp3) is 0.292. The van der Waals surface area contributed by atoms with Crippen molar-refractivity contribution in [1.82, 2.24) is 19.9 Å². The number of fused-ring (bicyclic) bond motifs is 3. The number of hydrogen-bond donors (Lipinski definition) is 2. The molecule has 2 aromatic heterocycles. The largest absolute Gasteiger partial charge is 0.454 e. The van der Waals surface area contributed by atoms with Gasteiger partial charge in [-0.3, -0.25) is 9.36 Å². The molecule has 4 aromatic rings. The van der Waals surface area contributed by atoms with E-state index in [1.165, 1.54) is 0 Å². The Bertz CT molecular complexity index is 1310. The lowest BCUT2D eigenvalue weighted by Gasteiger charge is -2.09. The number of nitrogens with zero attached hydrogens (tertiary/aromatic N) is 3. The van der Waals surface area contributed by atoms with Crippen LogP contribution in [0.1, 0.15) is 43.0 Å². The van der Waals surface area contributed by atoms with Gasteiger partial charge >= 0.3 is 0 Å². The van der Waals surface area contributed by atoms with Crippen molar-refractivity contribution in [2.75, 3.05) is 19.1 Å². The van der Waals surface area contributed by atoms with Gasteiger partial charge in [-0.15, -0.1) is 0 Å². The van der Waals surface area contributed by atoms with Crippen molar-refractivity contribution < 1.29 is 14.3 Å². The molecule has 0 aliphatic carbocycles. The Morgan fingerprint density at radius 1 is 1.06 bits per heavy atom. The molecule has 0 fully saturated rings. The first-order valence-electron chi connectivity index (χ1n) is 10.9. The standard InChI is InChI=1S/C24H25N5O3/c1-2-3-4-7-12-26-24(30)20-21-23(28-17-9-6-5-8-16(17)27-21)29(22(20)25)15-10-11-18-19(13-15)32-14-31-18/h5-6,8-11,13H,2-4,7,12,14,25H2,1H3,(H,26,30). The molecule has 5 rings (SSSR count). The predicted molar refractivity (Wildman–Crippen MR) is 123 cm³/mol. The highest BCUT2D eigenvalue weighted by atomic mass is 16.7. The first kappa shape index (κ1) is 20.1. The normalized spacial score (nSPS) is 12.5. The van der Waals surface area contributed by atoms with Crippen molar-refractivity contribution in [3.05, 3.63) is 48.0 Å². The van der Waals surface area contributed by atoms with Crippen LogP contribution >= 0.6 is 0 Å². The zero-order chi connectivity index (χ0) is 22.1. The van der Waals surface area contributed by atoms with E-state index < -0.39 is 0 Å². The van der Waals surface area contributed by atoms with E-state index in [4.69, 9.17) is 25.2 Å². The number of carbonyl (C=O) groups is 1. The van der Waals surface area contributed by atoms with Gasteiger partial charge < -0.3 is 20.5 Å². The quantitative estimate of drug-likeness (QED) is 0.425. The van der Waals surface area contributed by atoms with Gasteiger partial charge in [0, 0.05) is 12.6 Å². The van der Waals surface area contributed by atoms with Crippen LogP contribution in [0, 0.1) is 0 Å². The maximum atomic E-state index is 13.2. The molecule has 1 amide bonds. The summed E-state index contributed by atoms with van der Waals surface area (Å²) in [7, 11) is 0. The molecule has 2 aromatic carbocycles. The topological polar surface area (TPSA) is 104 Å². The molecule has 164 valence electrons. The Labute approximate surface area is 185 Å². The SMILES string of the molecule is CCCCCCNC(=O)c1c(N)n(-c2ccc3c(c2)OCO3)c2nc3ccccc3nc12. The number of amides is 1. The number of nitrogen functional groups attached to an aromatic ring is 1. The van der Waals surface area contributed by atoms with Crippen LogP contribution in [0.3, 0.4) is 0 Å². The van der Waals surface area contributed by atoms with Gasteiger partial charge in [0.2, 0.25) is 6.79 Å². The number of rotatable bonds is 7. The molecule has 0 radical (unpaired) electrons. The molecule has 0 atom stereocenters. The van der Waals surface area contributed by atoms with Crippen molar-refractivity contribution >= 4 is 33.9 Å². The lowest BCUT2D eigenvalue weighted by atomic mass is 10.2. The van der Waals surface area contributed by atoms with Gasteiger partial charge in [0.15, 0.2) is 17.1 Å². The van der Waals surface area contributed by atoms with Gasteiger partial charge in [-0.25, -0.2) is 9.97 Å². The van der Waals surface area contributed by atoms with Crippen LogP contribution in [0.2, 0.25) is 0 Å². The van der Waals surface area contributed by atoms with Crippen LogP contribution in [-0.2, 0) is 0 Å². The smallest absolute Gasteiger partial charge is 0.257 e. The van der Waals surface area contributed by atoms with Crippen LogP contribution in [0.25, 0.3) is 27.9 Å². The number of nitrogens with two attached hydrogens (primary N) is 1. The van der Waals surface area contributed by atoms with E-state index in [-0.39, 0.29) is 12.7 Å². The Balaban J connectivity index is 1.62. The molecule has 8 nitrogen and oxygen atoms in total. The fourth-order valence-corrected chi connectivity index (χ4v) is 4.01. The minimum atomic E-state index is -0.243. The van der Waals surface area contributed by atoms with Crippen LogP contribution in [0.4, 0.5) is 5.82 Å². The summed E-state index contributed by atoms with van der Waals surface area (Å²) in [6.07, 6.45) is 4.30. The highest BCUT2D eigenvalue weighted by Crippen LogP contribution is 2.37. The maximum Gasteiger partial charge on any atom is 0.257 e. The molecule has 0 spiro atoms. The molecule has 1 aliphatic heterocycles. The van der Waals surface area contributed by atoms with E-state index in [1.54, 1.807) is 4.57 Å². The first-order chi connectivity index (χ1) is 15.7. The van der Waals surface area contributed by atoms with Crippen molar-refractivity contribution in [3.63, 3.8) is 0 Å². The zero-order valence-electron chi connectivity index (χ0n) is 17.9. The third kappa shape index (κ3) is 3.47. The van der Waals surface area contributed by atoms with E-state index >= 15 is 0 Å². The molecule has 32 heavy (non-hydrogen) atoms. The number of carbonyl (C=O) groups excluding carboxylic acids is 1. The summed E-state index contributed by atoms with van der Waals surface area (Å²) in [6, 6.07) is 13.1. The van der Waals surface area contributed by atoms with Gasteiger partial charge in [0.25, 0.3) is 5.91 Å². The van der Waals surface area contributed by atoms with Gasteiger partial charge in [0.05, 0.1) is 16.7 Å². The summed E-state index contributed by atoms with van der Waals surface area (Å²) in [4.78, 5) is 22.7. The summed E-state index contributed by atoms with van der Waals surface area (Å²) >= 11 is 0. The number of benzene rings is 2. The second kappa shape index (κ2) is 8.37. The van der Waals surface area contributed by atoms with Gasteiger partial charge in [0.1, 0.15) is 16.9 Å². The second-order valence-corrected chi connectivity index (χ2v) is 7.83. The van der Waals surface area contributed by atoms with E-state index in [2.05, 4.69) is 12.2 Å². The Hall–Kier alpha value is -3.81. The molecule has 3 N–H and O–H groups in total. The minimum Gasteiger partial charge on any atom is -0.454 e. The number of para-hydroxylation sites is 2. The zero-order valence-corrected chi connectivity index (χ0v) is 17.9. The molecule has 0 unspecified atom stereocenters. The molecular formula is C24H25N5O3. The highest BCUT2D eigenvalue weighted by Gasteiger charge is 2.25. The van der Waals surface area contributed by atoms with Crippen molar-refractivity contribution in [1.29, 1.82) is 0 Å². The summed E-state index contributed by atoms with van der Waals surface area (Å²) in [5, 5.41) is 3.00. The lowest BCUT2D eigenvalue weighted by molar-refractivity contribution is 0.0955. The molecule has 8 heteroatoms. The Morgan fingerprint density at radius 3 is 2.66 bits per heavy atom. The number of hydrogen-bond acceptors (Lipinski definition) is 6. The molecule has 3 heterocycles. The lowest BCUT2D eigenvalue weighted by Crippen LogP contribution is -2.25. The number of unbranched alkanes of at least 4 members (excludes halogenated alkanes) is 3. The van der Waals surface area contributed by atoms with Crippen LogP contribution in [0.15, 0.2) is 42.5 Å². The van der Waals surface area contributed by atoms with Crippen molar-refractivity contribution in [3.8, 4) is 17.2 Å². The highest BCUT2D eigenvalue weighted by molar-refractivity contribution is 6.11. The summed E-state index contributed by atoms with van der Waals surface area (Å²) < 4.78 is 12.7. The summed E-state index contributed by atoms with van der Waals surface area (Å²) in [5.41, 5.74) is 10.1. The molecule has 1 aliphatic rings. The monoisotopic (exact) mass is 431 g/mol. The van der Waals surface area contributed by atoms with Crippen molar-refractivity contribution in [2.45, 2.75) is 32.6 Å². The molecule has 0 saturated heterocycles. The van der Waals surface area contributed by atoms with Crippen LogP contribution < -0.4 is 20.5 Å². The van der Waals surface area contributed by atoms with Crippen LogP contribution in [0.5, 0.6) is 11.5 Å². The van der Waals surface area contributed by atoms with Crippen molar-refractivity contribution in [2.24, 2.45) is 0 Å². The number of nitrogens with one attached hydrogen (secondary N) is 1. The summed E-state index contributed by atoms with van der Waals surface area (Å²) in [5.74, 6) is 1.35. The Morgan fingerprint density at radius 2 is 1.84 bits per heavy atom. The van der Waals surface area contributed by atoms with Crippen LogP contribution in [-0.4, -0.2) is 33.8 Å². The molecular weight excluding hydrogens is 406 g/mol. The van der Waals surface area contributed by atoms with E-state index in [1.807, 2.05) is 42.5 Å². The average Bonchev–Trinajstić information content (AvgIpc) is 3.38. The third-order valence-electron chi connectivity index (χ3n) is 5.66. The average molecular weight is 431 g/mol. The summed E-state index contributed by atoms with van der Waals surface area (Å²) in [6.45, 7) is 2.93. The minimum absolute atomic E-state index is 0.177. The van der Waals surface area contributed by atoms with E-state index in [9.17, 15) is 4.79 Å². The maximum absolute atomic E-state index is 13.2. The number of ether oxygens (including phenoxy) is 2. The number of anilines is 1. The number of aromatic nitrogens is 3. The molecule has 0 saturated carbocycles. The fourth-order valence-electron chi connectivity index (χ4n) is 4.01. The van der Waals surface area contributed by atoms with Gasteiger partial charge in [-0.05, 0) is 30.7 Å². The van der Waals surface area contributed by atoms with E-state index in [0.717, 1.165) is 36.9 Å². The Kier molecular flexibility index (Phi) is 5.26. The third-order valence-corrected chi connectivity index (χ3v) is 5.66. The predicted octanol–water partition coefficient (Wildman–Crippen LogP) is 4.19. The second-order valence-electron chi connectivity index (χ2n) is 7.83. The van der Waals surface area contributed by atoms with Gasteiger partial charge in [-0.1, -0.05) is 38.3 Å².